The van der Waals surface area contributed by atoms with Crippen molar-refractivity contribution < 1.29 is 8.42 Å². The number of hydrogen-bond acceptors (Lipinski definition) is 3. The van der Waals surface area contributed by atoms with Gasteiger partial charge in [0.05, 0.1) is 5.75 Å². The van der Waals surface area contributed by atoms with Crippen LogP contribution in [-0.4, -0.2) is 27.0 Å². The smallest absolute Gasteiger partial charge is 0.148 e. The van der Waals surface area contributed by atoms with Gasteiger partial charge in [-0.05, 0) is 47.6 Å². The molecule has 0 heterocycles. The predicted molar refractivity (Wildman–Crippen MR) is 91.7 cm³/mol. The van der Waals surface area contributed by atoms with Crippen molar-refractivity contribution in [2.24, 2.45) is 5.41 Å². The Kier molecular flexibility index (Phi) is 4.00. The Morgan fingerprint density at radius 3 is 2.45 bits per heavy atom. The van der Waals surface area contributed by atoms with E-state index in [9.17, 15) is 8.42 Å². The van der Waals surface area contributed by atoms with E-state index >= 15 is 0 Å². The number of nitrogens with one attached hydrogen (secondary N) is 1. The van der Waals surface area contributed by atoms with Gasteiger partial charge in [0.25, 0.3) is 0 Å². The molecule has 0 aliphatic heterocycles. The number of sulfone groups is 1. The normalized spacial score (nSPS) is 18.3. The third-order valence-corrected chi connectivity index (χ3v) is 5.72. The van der Waals surface area contributed by atoms with Gasteiger partial charge < -0.3 is 5.32 Å². The lowest BCUT2D eigenvalue weighted by molar-refractivity contribution is 0.455. The third kappa shape index (κ3) is 3.68. The van der Waals surface area contributed by atoms with Crippen molar-refractivity contribution in [2.75, 3.05) is 18.6 Å². The van der Waals surface area contributed by atoms with Crippen LogP contribution in [0.15, 0.2) is 42.5 Å². The molecular weight excluding hydrogens is 294 g/mol. The maximum Gasteiger partial charge on any atom is 0.148 e. The van der Waals surface area contributed by atoms with E-state index in [1.807, 2.05) is 6.07 Å². The minimum atomic E-state index is -2.90. The topological polar surface area (TPSA) is 46.2 Å². The Balaban J connectivity index is 1.67. The Hall–Kier alpha value is -1.39. The zero-order valence-electron chi connectivity index (χ0n) is 13.2. The molecule has 0 radical (unpaired) electrons. The summed E-state index contributed by atoms with van der Waals surface area (Å²) in [6.45, 7) is 2.91. The molecule has 0 saturated heterocycles. The van der Waals surface area contributed by atoms with Crippen molar-refractivity contribution in [1.82, 2.24) is 5.32 Å². The summed E-state index contributed by atoms with van der Waals surface area (Å²) in [5, 5.41) is 6.01. The van der Waals surface area contributed by atoms with Gasteiger partial charge in [-0.3, -0.25) is 0 Å². The number of fused-ring (bicyclic) bond motifs is 1. The molecule has 2 aromatic carbocycles. The minimum absolute atomic E-state index is 0.0291. The van der Waals surface area contributed by atoms with Crippen LogP contribution in [0, 0.1) is 5.41 Å². The Morgan fingerprint density at radius 1 is 1.14 bits per heavy atom. The summed E-state index contributed by atoms with van der Waals surface area (Å²) in [6, 6.07) is 15.1. The highest BCUT2D eigenvalue weighted by molar-refractivity contribution is 7.90. The lowest BCUT2D eigenvalue weighted by atomic mass is 10.0. The number of rotatable bonds is 6. The van der Waals surface area contributed by atoms with E-state index in [-0.39, 0.29) is 11.5 Å². The Bertz CT molecular complexity index is 779. The first kappa shape index (κ1) is 15.5. The van der Waals surface area contributed by atoms with Crippen molar-refractivity contribution in [1.29, 1.82) is 0 Å². The van der Waals surface area contributed by atoms with Crippen molar-refractivity contribution in [2.45, 2.75) is 25.8 Å². The monoisotopic (exact) mass is 317 g/mol. The molecule has 4 heteroatoms. The first-order chi connectivity index (χ1) is 10.4. The van der Waals surface area contributed by atoms with Crippen LogP contribution in [-0.2, 0) is 9.84 Å². The minimum Gasteiger partial charge on any atom is -0.310 e. The molecule has 0 spiro atoms. The van der Waals surface area contributed by atoms with E-state index in [2.05, 4.69) is 48.6 Å². The zero-order valence-corrected chi connectivity index (χ0v) is 14.0. The fourth-order valence-electron chi connectivity index (χ4n) is 3.07. The average molecular weight is 317 g/mol. The summed E-state index contributed by atoms with van der Waals surface area (Å²) in [7, 11) is -2.90. The van der Waals surface area contributed by atoms with E-state index in [0.29, 0.717) is 5.75 Å². The van der Waals surface area contributed by atoms with Crippen molar-refractivity contribution in [3.05, 3.63) is 48.0 Å². The quantitative estimate of drug-likeness (QED) is 0.889. The van der Waals surface area contributed by atoms with Crippen LogP contribution in [0.4, 0.5) is 0 Å². The fraction of sp³-hybridized carbons (Fsp3) is 0.444. The SMILES string of the molecule is C[C@H](NCC1(CS(C)(=O)=O)CC1)c1ccc2ccccc2c1. The van der Waals surface area contributed by atoms with Crippen molar-refractivity contribution in [3.8, 4) is 0 Å². The van der Waals surface area contributed by atoms with Gasteiger partial charge >= 0.3 is 0 Å². The van der Waals surface area contributed by atoms with Gasteiger partial charge in [0, 0.05) is 18.8 Å². The van der Waals surface area contributed by atoms with E-state index < -0.39 is 9.84 Å². The highest BCUT2D eigenvalue weighted by Gasteiger charge is 2.44. The first-order valence-corrected chi connectivity index (χ1v) is 9.83. The summed E-state index contributed by atoms with van der Waals surface area (Å²) in [6.07, 6.45) is 3.36. The molecule has 0 unspecified atom stereocenters. The van der Waals surface area contributed by atoms with Gasteiger partial charge in [-0.15, -0.1) is 0 Å². The van der Waals surface area contributed by atoms with Crippen LogP contribution in [0.1, 0.15) is 31.4 Å². The molecule has 0 amide bonds. The average Bonchev–Trinajstić information content (AvgIpc) is 3.22. The van der Waals surface area contributed by atoms with Gasteiger partial charge in [-0.1, -0.05) is 36.4 Å². The maximum atomic E-state index is 11.5. The molecule has 1 fully saturated rings. The van der Waals surface area contributed by atoms with Crippen LogP contribution in [0.3, 0.4) is 0 Å². The second-order valence-electron chi connectivity index (χ2n) is 6.78. The zero-order chi connectivity index (χ0) is 15.8. The summed E-state index contributed by atoms with van der Waals surface area (Å²) in [5.74, 6) is 0.303. The lowest BCUT2D eigenvalue weighted by Crippen LogP contribution is -2.31. The van der Waals surface area contributed by atoms with E-state index in [0.717, 1.165) is 19.4 Å². The van der Waals surface area contributed by atoms with Gasteiger partial charge in [-0.25, -0.2) is 8.42 Å². The molecule has 22 heavy (non-hydrogen) atoms. The molecule has 0 bridgehead atoms. The fourth-order valence-corrected chi connectivity index (χ4v) is 4.57. The molecule has 3 nitrogen and oxygen atoms in total. The number of benzene rings is 2. The molecule has 1 atom stereocenters. The van der Waals surface area contributed by atoms with Gasteiger partial charge in [-0.2, -0.15) is 0 Å². The van der Waals surface area contributed by atoms with Gasteiger partial charge in [0.1, 0.15) is 9.84 Å². The van der Waals surface area contributed by atoms with Gasteiger partial charge in [0.2, 0.25) is 0 Å². The standard InChI is InChI=1S/C18H23NO2S/c1-14(19-12-18(9-10-18)13-22(2,20)21)16-8-7-15-5-3-4-6-17(15)11-16/h3-8,11,14,19H,9-10,12-13H2,1-2H3/t14-/m0/s1. The summed E-state index contributed by atoms with van der Waals surface area (Å²) < 4.78 is 23.0. The van der Waals surface area contributed by atoms with Crippen molar-refractivity contribution in [3.63, 3.8) is 0 Å². The van der Waals surface area contributed by atoms with Crippen molar-refractivity contribution >= 4 is 20.6 Å². The molecule has 2 aromatic rings. The van der Waals surface area contributed by atoms with Crippen LogP contribution in [0.2, 0.25) is 0 Å². The summed E-state index contributed by atoms with van der Waals surface area (Å²) in [4.78, 5) is 0. The molecule has 1 aliphatic carbocycles. The molecule has 0 aromatic heterocycles. The molecule has 3 rings (SSSR count). The van der Waals surface area contributed by atoms with Crippen LogP contribution in [0.5, 0.6) is 0 Å². The molecule has 1 N–H and O–H groups in total. The first-order valence-electron chi connectivity index (χ1n) is 7.77. The van der Waals surface area contributed by atoms with Gasteiger partial charge in [0.15, 0.2) is 0 Å². The summed E-state index contributed by atoms with van der Waals surface area (Å²) >= 11 is 0. The molecule has 1 aliphatic rings. The largest absolute Gasteiger partial charge is 0.310 e. The maximum absolute atomic E-state index is 11.5. The Morgan fingerprint density at radius 2 is 1.82 bits per heavy atom. The highest BCUT2D eigenvalue weighted by atomic mass is 32.2. The second-order valence-corrected chi connectivity index (χ2v) is 8.92. The number of hydrogen-bond donors (Lipinski definition) is 1. The second kappa shape index (κ2) is 5.67. The van der Waals surface area contributed by atoms with Crippen LogP contribution < -0.4 is 5.32 Å². The third-order valence-electron chi connectivity index (χ3n) is 4.58. The molecule has 1 saturated carbocycles. The van der Waals surface area contributed by atoms with E-state index in [1.54, 1.807) is 0 Å². The lowest BCUT2D eigenvalue weighted by Gasteiger charge is -2.20. The highest BCUT2D eigenvalue weighted by Crippen LogP contribution is 2.46. The molecular formula is C18H23NO2S. The van der Waals surface area contributed by atoms with E-state index in [4.69, 9.17) is 0 Å². The van der Waals surface area contributed by atoms with Crippen LogP contribution >= 0.6 is 0 Å². The van der Waals surface area contributed by atoms with Crippen LogP contribution in [0.25, 0.3) is 10.8 Å². The molecule has 118 valence electrons. The summed E-state index contributed by atoms with van der Waals surface area (Å²) in [5.41, 5.74) is 1.22. The Labute approximate surface area is 132 Å². The van der Waals surface area contributed by atoms with E-state index in [1.165, 1.54) is 22.6 Å². The predicted octanol–water partition coefficient (Wildman–Crippen LogP) is 3.32.